The minimum Gasteiger partial charge on any atom is -0.481 e. The lowest BCUT2D eigenvalue weighted by Crippen LogP contribution is -2.38. The van der Waals surface area contributed by atoms with E-state index in [1.165, 1.54) is 11.1 Å². The molecular formula is C27H34N2O5. The maximum atomic E-state index is 12.4. The lowest BCUT2D eigenvalue weighted by molar-refractivity contribution is -0.137. The van der Waals surface area contributed by atoms with E-state index in [9.17, 15) is 14.4 Å². The van der Waals surface area contributed by atoms with Gasteiger partial charge in [0.2, 0.25) is 5.91 Å². The van der Waals surface area contributed by atoms with E-state index < -0.39 is 12.1 Å². The molecule has 0 spiro atoms. The Kier molecular flexibility index (Phi) is 9.08. The highest BCUT2D eigenvalue weighted by atomic mass is 16.5. The summed E-state index contributed by atoms with van der Waals surface area (Å²) in [6.07, 6.45) is 2.48. The number of carbonyl (C=O) groups excluding carboxylic acids is 2. The number of benzene rings is 2. The van der Waals surface area contributed by atoms with Gasteiger partial charge >= 0.3 is 12.1 Å². The molecule has 0 radical (unpaired) electrons. The van der Waals surface area contributed by atoms with Crippen molar-refractivity contribution in [1.82, 2.24) is 10.6 Å². The van der Waals surface area contributed by atoms with Gasteiger partial charge < -0.3 is 20.5 Å². The number of hydrogen-bond donors (Lipinski definition) is 3. The summed E-state index contributed by atoms with van der Waals surface area (Å²) >= 11 is 0. The second kappa shape index (κ2) is 12.2. The third kappa shape index (κ3) is 6.83. The van der Waals surface area contributed by atoms with Gasteiger partial charge in [0, 0.05) is 24.4 Å². The molecule has 1 aliphatic carbocycles. The predicted octanol–water partition coefficient (Wildman–Crippen LogP) is 4.84. The van der Waals surface area contributed by atoms with Crippen molar-refractivity contribution in [1.29, 1.82) is 0 Å². The second-order valence-corrected chi connectivity index (χ2v) is 8.91. The van der Waals surface area contributed by atoms with Crippen LogP contribution in [0.2, 0.25) is 0 Å². The van der Waals surface area contributed by atoms with Gasteiger partial charge in [-0.2, -0.15) is 0 Å². The fourth-order valence-corrected chi connectivity index (χ4v) is 4.45. The largest absolute Gasteiger partial charge is 0.481 e. The van der Waals surface area contributed by atoms with E-state index >= 15 is 0 Å². The zero-order valence-corrected chi connectivity index (χ0v) is 19.9. The Labute approximate surface area is 200 Å². The number of rotatable bonds is 12. The molecule has 182 valence electrons. The molecule has 2 amide bonds. The van der Waals surface area contributed by atoms with Gasteiger partial charge in [-0.25, -0.2) is 4.79 Å². The first kappa shape index (κ1) is 25.3. The van der Waals surface area contributed by atoms with Gasteiger partial charge in [-0.05, 0) is 42.0 Å². The summed E-state index contributed by atoms with van der Waals surface area (Å²) in [7, 11) is 0. The van der Waals surface area contributed by atoms with Crippen LogP contribution in [-0.4, -0.2) is 41.8 Å². The third-order valence-electron chi connectivity index (χ3n) is 6.20. The molecule has 0 heterocycles. The van der Waals surface area contributed by atoms with E-state index in [1.807, 2.05) is 38.1 Å². The van der Waals surface area contributed by atoms with Gasteiger partial charge in [0.05, 0.1) is 6.42 Å². The van der Waals surface area contributed by atoms with Crippen LogP contribution in [-0.2, 0) is 14.3 Å². The van der Waals surface area contributed by atoms with Gasteiger partial charge in [0.1, 0.15) is 6.61 Å². The third-order valence-corrected chi connectivity index (χ3v) is 6.20. The molecule has 0 bridgehead atoms. The molecule has 0 saturated carbocycles. The molecule has 34 heavy (non-hydrogen) atoms. The summed E-state index contributed by atoms with van der Waals surface area (Å²) in [5.74, 6) is -1.14. The van der Waals surface area contributed by atoms with Crippen LogP contribution in [0.3, 0.4) is 0 Å². The molecule has 0 aromatic heterocycles. The highest BCUT2D eigenvalue weighted by Crippen LogP contribution is 2.44. The molecule has 0 saturated heterocycles. The number of aliphatic carboxylic acids is 1. The zero-order valence-electron chi connectivity index (χ0n) is 19.9. The Balaban J connectivity index is 1.45. The Morgan fingerprint density at radius 2 is 1.59 bits per heavy atom. The monoisotopic (exact) mass is 466 g/mol. The summed E-state index contributed by atoms with van der Waals surface area (Å²) in [4.78, 5) is 35.7. The molecule has 2 aromatic carbocycles. The van der Waals surface area contributed by atoms with E-state index in [-0.39, 0.29) is 43.4 Å². The molecule has 2 atom stereocenters. The fraction of sp³-hybridized carbons (Fsp3) is 0.444. The highest BCUT2D eigenvalue weighted by molar-refractivity contribution is 5.79. The van der Waals surface area contributed by atoms with Crippen LogP contribution < -0.4 is 10.6 Å². The smallest absolute Gasteiger partial charge is 0.407 e. The molecule has 7 nitrogen and oxygen atoms in total. The topological polar surface area (TPSA) is 105 Å². The number of unbranched alkanes of at least 4 members (excludes halogenated alkanes) is 1. The minimum absolute atomic E-state index is 0.00600. The van der Waals surface area contributed by atoms with Crippen molar-refractivity contribution < 1.29 is 24.2 Å². The second-order valence-electron chi connectivity index (χ2n) is 8.91. The molecule has 2 aromatic rings. The number of amides is 2. The molecule has 7 heteroatoms. The Hall–Kier alpha value is -3.35. The van der Waals surface area contributed by atoms with Gasteiger partial charge in [-0.1, -0.05) is 68.3 Å². The number of carboxylic acids is 1. The van der Waals surface area contributed by atoms with E-state index in [4.69, 9.17) is 9.84 Å². The van der Waals surface area contributed by atoms with Crippen LogP contribution in [0.1, 0.15) is 69.4 Å². The van der Waals surface area contributed by atoms with E-state index in [2.05, 4.69) is 34.9 Å². The number of fused-ring (bicyclic) bond motifs is 3. The summed E-state index contributed by atoms with van der Waals surface area (Å²) in [6, 6.07) is 15.7. The van der Waals surface area contributed by atoms with Crippen molar-refractivity contribution in [2.24, 2.45) is 0 Å². The summed E-state index contributed by atoms with van der Waals surface area (Å²) in [5.41, 5.74) is 4.65. The quantitative estimate of drug-likeness (QED) is 0.415. The summed E-state index contributed by atoms with van der Waals surface area (Å²) in [6.45, 7) is 4.08. The van der Waals surface area contributed by atoms with Crippen LogP contribution in [0, 0.1) is 0 Å². The maximum Gasteiger partial charge on any atom is 0.407 e. The van der Waals surface area contributed by atoms with Crippen LogP contribution in [0.5, 0.6) is 0 Å². The lowest BCUT2D eigenvalue weighted by atomic mass is 9.98. The Morgan fingerprint density at radius 1 is 0.971 bits per heavy atom. The number of carbonyl (C=O) groups is 3. The zero-order chi connectivity index (χ0) is 24.5. The molecule has 0 fully saturated rings. The summed E-state index contributed by atoms with van der Waals surface area (Å²) in [5, 5.41) is 14.6. The van der Waals surface area contributed by atoms with Crippen molar-refractivity contribution in [3.8, 4) is 11.1 Å². The number of alkyl carbamates (subject to hydrolysis) is 1. The first-order valence-electron chi connectivity index (χ1n) is 12.0. The molecule has 0 aliphatic heterocycles. The number of hydrogen-bond acceptors (Lipinski definition) is 4. The predicted molar refractivity (Wildman–Crippen MR) is 131 cm³/mol. The van der Waals surface area contributed by atoms with Crippen LogP contribution in [0.25, 0.3) is 11.1 Å². The highest BCUT2D eigenvalue weighted by Gasteiger charge is 2.29. The fourth-order valence-electron chi connectivity index (χ4n) is 4.45. The SMILES string of the molecule is CCCCC(CC(=O)O)NC(=O)CCC(C)NC(=O)OCC1c2ccccc2-c2ccccc21. The van der Waals surface area contributed by atoms with Gasteiger partial charge in [-0.15, -0.1) is 0 Å². The van der Waals surface area contributed by atoms with E-state index in [0.29, 0.717) is 12.8 Å². The average molecular weight is 467 g/mol. The van der Waals surface area contributed by atoms with E-state index in [0.717, 1.165) is 24.0 Å². The van der Waals surface area contributed by atoms with Crippen molar-refractivity contribution in [3.63, 3.8) is 0 Å². The summed E-state index contributed by atoms with van der Waals surface area (Å²) < 4.78 is 5.55. The Morgan fingerprint density at radius 3 is 2.18 bits per heavy atom. The molecule has 1 aliphatic rings. The van der Waals surface area contributed by atoms with Crippen LogP contribution in [0.15, 0.2) is 48.5 Å². The molecule has 3 rings (SSSR count). The Bertz CT molecular complexity index is 961. The number of nitrogens with one attached hydrogen (secondary N) is 2. The molecular weight excluding hydrogens is 432 g/mol. The van der Waals surface area contributed by atoms with Crippen LogP contribution in [0.4, 0.5) is 4.79 Å². The number of carboxylic acid groups (broad SMARTS) is 1. The van der Waals surface area contributed by atoms with Crippen molar-refractivity contribution in [2.75, 3.05) is 6.61 Å². The maximum absolute atomic E-state index is 12.4. The lowest BCUT2D eigenvalue weighted by Gasteiger charge is -2.19. The minimum atomic E-state index is -0.924. The van der Waals surface area contributed by atoms with Crippen molar-refractivity contribution >= 4 is 18.0 Å². The molecule has 2 unspecified atom stereocenters. The molecule has 3 N–H and O–H groups in total. The van der Waals surface area contributed by atoms with E-state index in [1.54, 1.807) is 0 Å². The average Bonchev–Trinajstić information content (AvgIpc) is 3.13. The normalized spacial score (nSPS) is 13.9. The number of ether oxygens (including phenoxy) is 1. The van der Waals surface area contributed by atoms with Crippen LogP contribution >= 0.6 is 0 Å². The van der Waals surface area contributed by atoms with Crippen molar-refractivity contribution in [2.45, 2.75) is 70.4 Å². The van der Waals surface area contributed by atoms with Gasteiger partial charge in [0.25, 0.3) is 0 Å². The van der Waals surface area contributed by atoms with Gasteiger partial charge in [-0.3, -0.25) is 9.59 Å². The van der Waals surface area contributed by atoms with Gasteiger partial charge in [0.15, 0.2) is 0 Å². The van der Waals surface area contributed by atoms with Crippen molar-refractivity contribution in [3.05, 3.63) is 59.7 Å². The standard InChI is InChI=1S/C27H34N2O5/c1-3-4-9-19(16-26(31)32)29-25(30)15-14-18(2)28-27(33)34-17-24-22-12-7-5-10-20(22)21-11-6-8-13-23(21)24/h5-8,10-13,18-19,24H,3-4,9,14-17H2,1-2H3,(H,28,33)(H,29,30)(H,31,32). The first-order valence-corrected chi connectivity index (χ1v) is 12.0. The first-order chi connectivity index (χ1) is 16.4.